The molecule has 2 aliphatic heterocycles. The third kappa shape index (κ3) is 4.92. The van der Waals surface area contributed by atoms with Gasteiger partial charge >= 0.3 is 0 Å². The zero-order valence-electron chi connectivity index (χ0n) is 18.6. The lowest BCUT2D eigenvalue weighted by atomic mass is 10.2. The predicted molar refractivity (Wildman–Crippen MR) is 122 cm³/mol. The van der Waals surface area contributed by atoms with Crippen molar-refractivity contribution in [3.05, 3.63) is 54.0 Å². The van der Waals surface area contributed by atoms with Crippen molar-refractivity contribution in [2.24, 2.45) is 0 Å². The largest absolute Gasteiger partial charge is 0.378 e. The van der Waals surface area contributed by atoms with Crippen molar-refractivity contribution in [1.82, 2.24) is 20.0 Å². The Balaban J connectivity index is 1.27. The summed E-state index contributed by atoms with van der Waals surface area (Å²) in [5.41, 5.74) is 1.87. The maximum absolute atomic E-state index is 11.7. The van der Waals surface area contributed by atoms with E-state index in [2.05, 4.69) is 24.9 Å². The number of rotatable bonds is 6. The monoisotopic (exact) mass is 469 g/mol. The van der Waals surface area contributed by atoms with E-state index in [9.17, 15) is 8.42 Å². The highest BCUT2D eigenvalue weighted by Crippen LogP contribution is 2.33. The molecule has 0 aliphatic carbocycles. The van der Waals surface area contributed by atoms with Gasteiger partial charge in [0.1, 0.15) is 5.82 Å². The van der Waals surface area contributed by atoms with E-state index in [1.807, 2.05) is 24.3 Å². The van der Waals surface area contributed by atoms with Crippen LogP contribution in [-0.4, -0.2) is 67.5 Å². The summed E-state index contributed by atoms with van der Waals surface area (Å²) in [6, 6.07) is 11.1. The molecule has 4 heterocycles. The fourth-order valence-electron chi connectivity index (χ4n) is 4.36. The number of hydrogen-bond acceptors (Lipinski definition) is 9. The Hall–Kier alpha value is -2.82. The summed E-state index contributed by atoms with van der Waals surface area (Å²) in [6.07, 6.45) is 4.99. The van der Waals surface area contributed by atoms with Crippen LogP contribution in [0.5, 0.6) is 0 Å². The van der Waals surface area contributed by atoms with E-state index in [-0.39, 0.29) is 6.04 Å². The van der Waals surface area contributed by atoms with E-state index < -0.39 is 9.84 Å². The normalized spacial score (nSPS) is 19.8. The Morgan fingerprint density at radius 3 is 2.55 bits per heavy atom. The number of ether oxygens (including phenoxy) is 1. The molecule has 1 atom stereocenters. The molecule has 174 valence electrons. The number of aromatic nitrogens is 3. The Kier molecular flexibility index (Phi) is 6.13. The second-order valence-corrected chi connectivity index (χ2v) is 10.5. The van der Waals surface area contributed by atoms with Crippen LogP contribution in [0.2, 0.25) is 0 Å². The van der Waals surface area contributed by atoms with Crippen molar-refractivity contribution in [3.63, 3.8) is 0 Å². The van der Waals surface area contributed by atoms with Crippen LogP contribution in [-0.2, 0) is 21.1 Å². The Morgan fingerprint density at radius 1 is 1.06 bits per heavy atom. The van der Waals surface area contributed by atoms with Crippen molar-refractivity contribution < 1.29 is 17.7 Å². The first-order valence-corrected chi connectivity index (χ1v) is 13.0. The zero-order valence-corrected chi connectivity index (χ0v) is 19.4. The van der Waals surface area contributed by atoms with Crippen LogP contribution in [0, 0.1) is 0 Å². The van der Waals surface area contributed by atoms with E-state index in [4.69, 9.17) is 9.26 Å². The third-order valence-electron chi connectivity index (χ3n) is 6.17. The van der Waals surface area contributed by atoms with Crippen LogP contribution >= 0.6 is 0 Å². The molecule has 0 N–H and O–H groups in total. The van der Waals surface area contributed by atoms with Crippen LogP contribution < -0.4 is 4.90 Å². The minimum Gasteiger partial charge on any atom is -0.378 e. The summed E-state index contributed by atoms with van der Waals surface area (Å²) in [5.74, 6) is 2.07. The maximum Gasteiger partial charge on any atom is 0.244 e. The fraction of sp³-hybridized carbons (Fsp3) is 0.435. The summed E-state index contributed by atoms with van der Waals surface area (Å²) < 4.78 is 34.4. The van der Waals surface area contributed by atoms with E-state index in [1.165, 1.54) is 6.26 Å². The number of hydrogen-bond donors (Lipinski definition) is 0. The minimum atomic E-state index is -3.19. The molecule has 0 bridgehead atoms. The van der Waals surface area contributed by atoms with Gasteiger partial charge in [-0.25, -0.2) is 13.4 Å². The lowest BCUT2D eigenvalue weighted by Crippen LogP contribution is -2.36. The average Bonchev–Trinajstić information content (AvgIpc) is 3.49. The van der Waals surface area contributed by atoms with Gasteiger partial charge in [-0.3, -0.25) is 4.90 Å². The van der Waals surface area contributed by atoms with Crippen LogP contribution in [0.25, 0.3) is 11.4 Å². The number of nitrogens with zero attached hydrogens (tertiary/aromatic N) is 5. The van der Waals surface area contributed by atoms with Gasteiger partial charge in [-0.05, 0) is 49.2 Å². The van der Waals surface area contributed by atoms with Crippen molar-refractivity contribution in [2.75, 3.05) is 44.0 Å². The van der Waals surface area contributed by atoms with Gasteiger partial charge in [0.15, 0.2) is 9.84 Å². The standard InChI is InChI=1S/C23H27N5O4S/c1-33(29,30)19-7-4-17(5-8-19)16-28-10-2-3-20(28)23-25-22(26-32-23)18-6-9-21(24-15-18)27-11-13-31-14-12-27/h4-9,15,20H,2-3,10-14,16H2,1H3/t20-/m0/s1. The molecule has 0 amide bonds. The van der Waals surface area contributed by atoms with Crippen molar-refractivity contribution in [1.29, 1.82) is 0 Å². The Morgan fingerprint density at radius 2 is 1.85 bits per heavy atom. The first-order chi connectivity index (χ1) is 16.0. The molecule has 33 heavy (non-hydrogen) atoms. The number of sulfone groups is 1. The summed E-state index contributed by atoms with van der Waals surface area (Å²) >= 11 is 0. The van der Waals surface area contributed by atoms with Crippen molar-refractivity contribution in [2.45, 2.75) is 30.3 Å². The summed E-state index contributed by atoms with van der Waals surface area (Å²) in [7, 11) is -3.19. The molecule has 1 aromatic carbocycles. The summed E-state index contributed by atoms with van der Waals surface area (Å²) in [5, 5.41) is 4.20. The number of morpholine rings is 1. The van der Waals surface area contributed by atoms with Gasteiger partial charge < -0.3 is 14.2 Å². The molecule has 0 spiro atoms. The van der Waals surface area contributed by atoms with E-state index in [1.54, 1.807) is 18.3 Å². The van der Waals surface area contributed by atoms with Gasteiger partial charge in [0.25, 0.3) is 0 Å². The van der Waals surface area contributed by atoms with E-state index in [0.29, 0.717) is 23.2 Å². The molecular formula is C23H27N5O4S. The lowest BCUT2D eigenvalue weighted by Gasteiger charge is -2.27. The molecule has 10 heteroatoms. The number of likely N-dealkylation sites (tertiary alicyclic amines) is 1. The summed E-state index contributed by atoms with van der Waals surface area (Å²) in [4.78, 5) is 14.1. The quantitative estimate of drug-likeness (QED) is 0.539. The van der Waals surface area contributed by atoms with E-state index >= 15 is 0 Å². The number of pyridine rings is 1. The average molecular weight is 470 g/mol. The number of benzene rings is 1. The van der Waals surface area contributed by atoms with Gasteiger partial charge in [0, 0.05) is 37.7 Å². The van der Waals surface area contributed by atoms with Crippen LogP contribution in [0.4, 0.5) is 5.82 Å². The predicted octanol–water partition coefficient (Wildman–Crippen LogP) is 2.71. The molecular weight excluding hydrogens is 442 g/mol. The molecule has 2 fully saturated rings. The second-order valence-electron chi connectivity index (χ2n) is 8.51. The molecule has 0 saturated carbocycles. The molecule has 0 radical (unpaired) electrons. The molecule has 3 aromatic rings. The van der Waals surface area contributed by atoms with E-state index in [0.717, 1.165) is 62.6 Å². The van der Waals surface area contributed by atoms with Gasteiger partial charge in [-0.1, -0.05) is 17.3 Å². The smallest absolute Gasteiger partial charge is 0.244 e. The molecule has 2 aromatic heterocycles. The molecule has 5 rings (SSSR count). The molecule has 9 nitrogen and oxygen atoms in total. The second kappa shape index (κ2) is 9.20. The minimum absolute atomic E-state index is 0.0430. The molecule has 0 unspecified atom stereocenters. The van der Waals surface area contributed by atoms with Crippen molar-refractivity contribution >= 4 is 15.7 Å². The van der Waals surface area contributed by atoms with Crippen LogP contribution in [0.15, 0.2) is 52.0 Å². The number of anilines is 1. The topological polar surface area (TPSA) is 102 Å². The fourth-order valence-corrected chi connectivity index (χ4v) is 4.99. The summed E-state index contributed by atoms with van der Waals surface area (Å²) in [6.45, 7) is 4.74. The Bertz CT molecular complexity index is 1190. The highest BCUT2D eigenvalue weighted by Gasteiger charge is 2.31. The van der Waals surface area contributed by atoms with Crippen LogP contribution in [0.1, 0.15) is 30.3 Å². The SMILES string of the molecule is CS(=O)(=O)c1ccc(CN2CCC[C@H]2c2nc(-c3ccc(N4CCOCC4)nc3)no2)cc1. The Labute approximate surface area is 193 Å². The highest BCUT2D eigenvalue weighted by molar-refractivity contribution is 7.90. The molecule has 2 aliphatic rings. The molecule has 2 saturated heterocycles. The van der Waals surface area contributed by atoms with Gasteiger partial charge in [-0.2, -0.15) is 4.98 Å². The first-order valence-electron chi connectivity index (χ1n) is 11.1. The zero-order chi connectivity index (χ0) is 22.8. The van der Waals surface area contributed by atoms with Gasteiger partial charge in [0.05, 0.1) is 24.2 Å². The van der Waals surface area contributed by atoms with Gasteiger partial charge in [-0.15, -0.1) is 0 Å². The third-order valence-corrected chi connectivity index (χ3v) is 7.30. The lowest BCUT2D eigenvalue weighted by molar-refractivity contribution is 0.122. The first kappa shape index (κ1) is 22.0. The van der Waals surface area contributed by atoms with Gasteiger partial charge in [0.2, 0.25) is 11.7 Å². The highest BCUT2D eigenvalue weighted by atomic mass is 32.2. The maximum atomic E-state index is 11.7. The van der Waals surface area contributed by atoms with Crippen LogP contribution in [0.3, 0.4) is 0 Å². The van der Waals surface area contributed by atoms with Crippen molar-refractivity contribution in [3.8, 4) is 11.4 Å².